The van der Waals surface area contributed by atoms with Gasteiger partial charge >= 0.3 is 0 Å². The van der Waals surface area contributed by atoms with Crippen LogP contribution in [0.5, 0.6) is 0 Å². The molecule has 0 unspecified atom stereocenters. The van der Waals surface area contributed by atoms with Gasteiger partial charge in [0.05, 0.1) is 17.3 Å². The van der Waals surface area contributed by atoms with Gasteiger partial charge in [-0.3, -0.25) is 9.59 Å². The second-order valence-electron chi connectivity index (χ2n) is 9.23. The minimum Gasteiger partial charge on any atom is -0.321 e. The summed E-state index contributed by atoms with van der Waals surface area (Å²) in [6, 6.07) is 27.4. The number of nitrogens with zero attached hydrogens (tertiary/aromatic N) is 2. The lowest BCUT2D eigenvalue weighted by molar-refractivity contribution is 0.0711. The van der Waals surface area contributed by atoms with E-state index in [0.29, 0.717) is 39.4 Å². The lowest BCUT2D eigenvalue weighted by Crippen LogP contribution is -2.27. The van der Waals surface area contributed by atoms with Crippen molar-refractivity contribution in [2.45, 2.75) is 12.5 Å². The number of halogens is 3. The zero-order valence-corrected chi connectivity index (χ0v) is 22.7. The average molecular weight is 601 g/mol. The predicted octanol–water partition coefficient (Wildman–Crippen LogP) is 7.74. The van der Waals surface area contributed by atoms with Crippen LogP contribution in [0.3, 0.4) is 0 Å². The summed E-state index contributed by atoms with van der Waals surface area (Å²) in [5, 5.41) is 7.45. The van der Waals surface area contributed by atoms with Crippen molar-refractivity contribution < 1.29 is 9.18 Å². The molecule has 1 aliphatic rings. The van der Waals surface area contributed by atoms with Crippen LogP contribution in [0.1, 0.15) is 33.9 Å². The number of hydrazone groups is 1. The normalized spacial score (nSPS) is 15.0. The van der Waals surface area contributed by atoms with E-state index in [0.717, 1.165) is 21.0 Å². The number of benzene rings is 4. The molecule has 0 radical (unpaired) electrons. The zero-order valence-electron chi connectivity index (χ0n) is 20.4. The molecule has 5 nitrogen and oxygen atoms in total. The molecule has 6 rings (SSSR count). The minimum atomic E-state index is -0.469. The summed E-state index contributed by atoms with van der Waals surface area (Å²) in [7, 11) is 0. The number of carbonyl (C=O) groups is 1. The monoisotopic (exact) mass is 599 g/mol. The van der Waals surface area contributed by atoms with Gasteiger partial charge in [-0.2, -0.15) is 5.10 Å². The maximum absolute atomic E-state index is 13.7. The number of amides is 1. The summed E-state index contributed by atoms with van der Waals surface area (Å²) in [5.74, 6) is -0.824. The van der Waals surface area contributed by atoms with Crippen LogP contribution in [0.25, 0.3) is 22.0 Å². The Morgan fingerprint density at radius 2 is 1.67 bits per heavy atom. The number of nitrogens with one attached hydrogen (secondary N) is 1. The Balaban J connectivity index is 1.56. The number of hydrogen-bond donors (Lipinski definition) is 1. The van der Waals surface area contributed by atoms with Crippen molar-refractivity contribution in [3.05, 3.63) is 139 Å². The lowest BCUT2D eigenvalue weighted by Gasteiger charge is -2.22. The number of aromatic nitrogens is 1. The summed E-state index contributed by atoms with van der Waals surface area (Å²) < 4.78 is 14.5. The van der Waals surface area contributed by atoms with Crippen molar-refractivity contribution in [1.29, 1.82) is 0 Å². The Morgan fingerprint density at radius 1 is 0.949 bits per heavy atom. The molecule has 0 aliphatic carbocycles. The molecule has 39 heavy (non-hydrogen) atoms. The highest BCUT2D eigenvalue weighted by Gasteiger charge is 2.36. The van der Waals surface area contributed by atoms with Crippen molar-refractivity contribution in [3.8, 4) is 11.1 Å². The van der Waals surface area contributed by atoms with Gasteiger partial charge in [0, 0.05) is 37.9 Å². The molecule has 1 N–H and O–H groups in total. The van der Waals surface area contributed by atoms with Gasteiger partial charge in [0.1, 0.15) is 5.82 Å². The van der Waals surface area contributed by atoms with Gasteiger partial charge in [0.25, 0.3) is 11.5 Å². The molecule has 1 aromatic heterocycles. The van der Waals surface area contributed by atoms with Crippen molar-refractivity contribution in [2.24, 2.45) is 5.10 Å². The Hall–Kier alpha value is -4.07. The third-order valence-electron chi connectivity index (χ3n) is 6.79. The van der Waals surface area contributed by atoms with E-state index in [1.807, 2.05) is 60.7 Å². The fraction of sp³-hybridized carbons (Fsp3) is 0.0645. The number of pyridine rings is 1. The first-order chi connectivity index (χ1) is 18.9. The smallest absolute Gasteiger partial charge is 0.274 e. The van der Waals surface area contributed by atoms with Crippen molar-refractivity contribution in [3.63, 3.8) is 0 Å². The highest BCUT2D eigenvalue weighted by molar-refractivity contribution is 9.10. The number of hydrogen-bond acceptors (Lipinski definition) is 3. The average Bonchev–Trinajstić information content (AvgIpc) is 3.38. The molecule has 8 heteroatoms. The second kappa shape index (κ2) is 10.2. The Bertz CT molecular complexity index is 1800. The molecule has 1 aliphatic heterocycles. The Labute approximate surface area is 236 Å². The molecule has 0 bridgehead atoms. The predicted molar refractivity (Wildman–Crippen MR) is 156 cm³/mol. The maximum atomic E-state index is 13.7. The molecule has 1 amide bonds. The zero-order chi connectivity index (χ0) is 27.1. The summed E-state index contributed by atoms with van der Waals surface area (Å²) in [5.41, 5.74) is 3.87. The number of carbonyl (C=O) groups excluding carboxylic acids is 1. The number of H-pyrrole nitrogens is 1. The summed E-state index contributed by atoms with van der Waals surface area (Å²) in [4.78, 5) is 30.3. The second-order valence-corrected chi connectivity index (χ2v) is 10.6. The van der Waals surface area contributed by atoms with Crippen LogP contribution in [-0.2, 0) is 0 Å². The minimum absolute atomic E-state index is 0.297. The van der Waals surface area contributed by atoms with Crippen LogP contribution in [0.4, 0.5) is 4.39 Å². The summed E-state index contributed by atoms with van der Waals surface area (Å²) in [6.45, 7) is 0. The fourth-order valence-corrected chi connectivity index (χ4v) is 5.40. The molecule has 0 spiro atoms. The number of rotatable bonds is 4. The molecule has 4 aromatic carbocycles. The number of fused-ring (bicyclic) bond motifs is 1. The quantitative estimate of drug-likeness (QED) is 0.229. The van der Waals surface area contributed by atoms with E-state index < -0.39 is 11.9 Å². The van der Waals surface area contributed by atoms with Crippen molar-refractivity contribution >= 4 is 50.1 Å². The van der Waals surface area contributed by atoms with E-state index in [2.05, 4.69) is 20.9 Å². The van der Waals surface area contributed by atoms with Gasteiger partial charge in [-0.15, -0.1) is 0 Å². The highest BCUT2D eigenvalue weighted by atomic mass is 79.9. The third kappa shape index (κ3) is 4.80. The van der Waals surface area contributed by atoms with Crippen LogP contribution in [0.2, 0.25) is 5.02 Å². The molecule has 192 valence electrons. The first-order valence-electron chi connectivity index (χ1n) is 12.2. The van der Waals surface area contributed by atoms with E-state index >= 15 is 0 Å². The molecule has 0 saturated carbocycles. The Kier molecular flexibility index (Phi) is 6.62. The van der Waals surface area contributed by atoms with Crippen LogP contribution in [-0.4, -0.2) is 21.6 Å². The van der Waals surface area contributed by atoms with Gasteiger partial charge in [0.2, 0.25) is 0 Å². The van der Waals surface area contributed by atoms with Gasteiger partial charge < -0.3 is 4.98 Å². The maximum Gasteiger partial charge on any atom is 0.274 e. The summed E-state index contributed by atoms with van der Waals surface area (Å²) >= 11 is 9.85. The van der Waals surface area contributed by atoms with E-state index in [9.17, 15) is 14.0 Å². The highest BCUT2D eigenvalue weighted by Crippen LogP contribution is 2.38. The molecule has 0 saturated heterocycles. The van der Waals surface area contributed by atoms with Crippen molar-refractivity contribution in [2.75, 3.05) is 0 Å². The van der Waals surface area contributed by atoms with E-state index in [1.165, 1.54) is 29.3 Å². The molecule has 5 aromatic rings. The van der Waals surface area contributed by atoms with Crippen LogP contribution >= 0.6 is 27.5 Å². The molecule has 2 heterocycles. The molecular formula is C31H20BrClFN3O2. The SMILES string of the molecule is O=C(c1ccc(F)cc1)N1N=C(c2c(-c3ccccc3)c3cc(Cl)ccc3[nH]c2=O)C[C@@H]1c1ccc(Br)cc1. The molecule has 1 atom stereocenters. The third-order valence-corrected chi connectivity index (χ3v) is 7.56. The summed E-state index contributed by atoms with van der Waals surface area (Å²) in [6.07, 6.45) is 0.309. The number of aromatic amines is 1. The lowest BCUT2D eigenvalue weighted by atomic mass is 9.91. The van der Waals surface area contributed by atoms with Gasteiger partial charge in [0.15, 0.2) is 0 Å². The molecule has 0 fully saturated rings. The van der Waals surface area contributed by atoms with Crippen LogP contribution < -0.4 is 5.56 Å². The van der Waals surface area contributed by atoms with Crippen LogP contribution in [0.15, 0.2) is 111 Å². The first-order valence-corrected chi connectivity index (χ1v) is 13.4. The van der Waals surface area contributed by atoms with E-state index in [4.69, 9.17) is 16.7 Å². The van der Waals surface area contributed by atoms with Gasteiger partial charge in [-0.25, -0.2) is 9.40 Å². The van der Waals surface area contributed by atoms with Gasteiger partial charge in [-0.1, -0.05) is 70.0 Å². The largest absolute Gasteiger partial charge is 0.321 e. The fourth-order valence-electron chi connectivity index (χ4n) is 4.96. The van der Waals surface area contributed by atoms with E-state index in [-0.39, 0.29) is 11.5 Å². The topological polar surface area (TPSA) is 65.5 Å². The van der Waals surface area contributed by atoms with Crippen molar-refractivity contribution in [1.82, 2.24) is 9.99 Å². The first kappa shape index (κ1) is 25.2. The molecular weight excluding hydrogens is 581 g/mol. The standard InChI is InChI=1S/C31H20BrClFN3O2/c32-21-10-6-18(7-11-21)27-17-26(36-37(27)31(39)20-8-13-23(34)14-9-20)29-28(19-4-2-1-3-5-19)24-16-22(33)12-15-25(24)35-30(29)38/h1-16,27H,17H2,(H,35,38)/t27-/m1/s1. The van der Waals surface area contributed by atoms with Gasteiger partial charge in [-0.05, 0) is 65.7 Å². The van der Waals surface area contributed by atoms with Crippen LogP contribution in [0, 0.1) is 5.82 Å². The van der Waals surface area contributed by atoms with E-state index in [1.54, 1.807) is 12.1 Å². The Morgan fingerprint density at radius 3 is 2.38 bits per heavy atom.